The lowest BCUT2D eigenvalue weighted by atomic mass is 9.70. The average Bonchev–Trinajstić information content (AvgIpc) is 3.14. The highest BCUT2D eigenvalue weighted by Crippen LogP contribution is 2.47. The molecular formula is C23H28F3N5O3. The number of carbonyl (C=O) groups is 3. The molecule has 8 nitrogen and oxygen atoms in total. The van der Waals surface area contributed by atoms with E-state index in [9.17, 15) is 27.6 Å². The molecule has 3 amide bonds. The standard InChI is InChI=1S/C23H28F3N5O3/c1-15(32)28-12-20(33)30-8-6-22(7-9-30)14-31(13-19(22)21(34)29(2)3)17-5-4-16(11-27)18(10-17)23(24,25)26/h4-5,10,19H,6-9,12-14H2,1-3H3,(H,28,32). The van der Waals surface area contributed by atoms with Crippen molar-refractivity contribution in [1.29, 1.82) is 5.26 Å². The van der Waals surface area contributed by atoms with Gasteiger partial charge in [0, 0.05) is 58.3 Å². The summed E-state index contributed by atoms with van der Waals surface area (Å²) in [4.78, 5) is 41.5. The van der Waals surface area contributed by atoms with Gasteiger partial charge < -0.3 is 20.0 Å². The van der Waals surface area contributed by atoms with E-state index in [-0.39, 0.29) is 30.8 Å². The summed E-state index contributed by atoms with van der Waals surface area (Å²) in [5, 5.41) is 11.6. The van der Waals surface area contributed by atoms with Crippen molar-refractivity contribution in [3.63, 3.8) is 0 Å². The van der Waals surface area contributed by atoms with Gasteiger partial charge in [-0.3, -0.25) is 14.4 Å². The summed E-state index contributed by atoms with van der Waals surface area (Å²) in [5.41, 5.74) is -1.64. The van der Waals surface area contributed by atoms with E-state index in [1.165, 1.54) is 17.9 Å². The van der Waals surface area contributed by atoms with Gasteiger partial charge in [-0.1, -0.05) is 0 Å². The normalized spacial score (nSPS) is 19.6. The number of benzene rings is 1. The molecule has 1 unspecified atom stereocenters. The van der Waals surface area contributed by atoms with Crippen LogP contribution in [0.25, 0.3) is 0 Å². The molecule has 2 heterocycles. The summed E-state index contributed by atoms with van der Waals surface area (Å²) in [6.45, 7) is 2.64. The van der Waals surface area contributed by atoms with Crippen LogP contribution in [-0.2, 0) is 20.6 Å². The summed E-state index contributed by atoms with van der Waals surface area (Å²) >= 11 is 0. The Morgan fingerprint density at radius 1 is 1.24 bits per heavy atom. The first-order chi connectivity index (χ1) is 15.9. The van der Waals surface area contributed by atoms with Crippen LogP contribution in [0, 0.1) is 22.7 Å². The van der Waals surface area contributed by atoms with Crippen LogP contribution in [0.4, 0.5) is 18.9 Å². The van der Waals surface area contributed by atoms with E-state index in [2.05, 4.69) is 5.32 Å². The number of carbonyl (C=O) groups excluding carboxylic acids is 3. The molecule has 11 heteroatoms. The summed E-state index contributed by atoms with van der Waals surface area (Å²) in [7, 11) is 3.29. The summed E-state index contributed by atoms with van der Waals surface area (Å²) < 4.78 is 40.5. The minimum absolute atomic E-state index is 0.0972. The van der Waals surface area contributed by atoms with Crippen molar-refractivity contribution in [1.82, 2.24) is 15.1 Å². The zero-order chi connectivity index (χ0) is 25.3. The molecule has 0 radical (unpaired) electrons. The topological polar surface area (TPSA) is 96.7 Å². The minimum Gasteiger partial charge on any atom is -0.370 e. The number of piperidine rings is 1. The molecule has 34 heavy (non-hydrogen) atoms. The Morgan fingerprint density at radius 3 is 2.41 bits per heavy atom. The molecule has 0 bridgehead atoms. The molecule has 3 rings (SSSR count). The van der Waals surface area contributed by atoms with Crippen LogP contribution in [0.1, 0.15) is 30.9 Å². The van der Waals surface area contributed by atoms with Crippen LogP contribution in [0.15, 0.2) is 18.2 Å². The average molecular weight is 480 g/mol. The third kappa shape index (κ3) is 5.11. The van der Waals surface area contributed by atoms with E-state index in [0.717, 1.165) is 12.1 Å². The summed E-state index contributed by atoms with van der Waals surface area (Å²) in [5.74, 6) is -1.06. The fourth-order valence-corrected chi connectivity index (χ4v) is 4.90. The van der Waals surface area contributed by atoms with Gasteiger partial charge in [-0.15, -0.1) is 0 Å². The number of hydrogen-bond donors (Lipinski definition) is 1. The van der Waals surface area contributed by atoms with Crippen molar-refractivity contribution in [2.75, 3.05) is 51.7 Å². The Balaban J connectivity index is 1.85. The van der Waals surface area contributed by atoms with Gasteiger partial charge in [0.05, 0.1) is 29.7 Å². The number of nitriles is 1. The molecule has 2 aliphatic rings. The maximum Gasteiger partial charge on any atom is 0.417 e. The molecule has 2 saturated heterocycles. The first-order valence-electron chi connectivity index (χ1n) is 11.0. The third-order valence-electron chi connectivity index (χ3n) is 6.78. The van der Waals surface area contributed by atoms with Crippen molar-refractivity contribution in [2.24, 2.45) is 11.3 Å². The molecule has 0 aromatic heterocycles. The van der Waals surface area contributed by atoms with Gasteiger partial charge >= 0.3 is 6.18 Å². The Kier molecular flexibility index (Phi) is 7.10. The van der Waals surface area contributed by atoms with Crippen molar-refractivity contribution in [3.8, 4) is 6.07 Å². The highest BCUT2D eigenvalue weighted by Gasteiger charge is 2.52. The Hall–Kier alpha value is -3.29. The van der Waals surface area contributed by atoms with E-state index >= 15 is 0 Å². The summed E-state index contributed by atoms with van der Waals surface area (Å²) in [6.07, 6.45) is -3.64. The number of alkyl halides is 3. The van der Waals surface area contributed by atoms with Crippen LogP contribution in [0.2, 0.25) is 0 Å². The number of nitrogens with zero attached hydrogens (tertiary/aromatic N) is 4. The zero-order valence-electron chi connectivity index (χ0n) is 19.4. The van der Waals surface area contributed by atoms with Crippen LogP contribution in [0.3, 0.4) is 0 Å². The molecule has 0 aliphatic carbocycles. The van der Waals surface area contributed by atoms with Crippen molar-refractivity contribution < 1.29 is 27.6 Å². The lowest BCUT2D eigenvalue weighted by Crippen LogP contribution is -2.51. The van der Waals surface area contributed by atoms with Crippen molar-refractivity contribution >= 4 is 23.4 Å². The van der Waals surface area contributed by atoms with Crippen LogP contribution in [-0.4, -0.2) is 74.3 Å². The largest absolute Gasteiger partial charge is 0.417 e. The van der Waals surface area contributed by atoms with Gasteiger partial charge in [0.15, 0.2) is 0 Å². The zero-order valence-corrected chi connectivity index (χ0v) is 19.4. The quantitative estimate of drug-likeness (QED) is 0.711. The van der Waals surface area contributed by atoms with Gasteiger partial charge in [-0.2, -0.15) is 18.4 Å². The lowest BCUT2D eigenvalue weighted by molar-refractivity contribution is -0.139. The molecule has 1 spiro atoms. The summed E-state index contributed by atoms with van der Waals surface area (Å²) in [6, 6.07) is 5.21. The van der Waals surface area contributed by atoms with Gasteiger partial charge in [0.25, 0.3) is 0 Å². The third-order valence-corrected chi connectivity index (χ3v) is 6.78. The van der Waals surface area contributed by atoms with Gasteiger partial charge in [0.2, 0.25) is 17.7 Å². The molecule has 1 N–H and O–H groups in total. The minimum atomic E-state index is -4.67. The molecule has 2 aliphatic heterocycles. The fourth-order valence-electron chi connectivity index (χ4n) is 4.90. The monoisotopic (exact) mass is 479 g/mol. The number of hydrogen-bond acceptors (Lipinski definition) is 5. The number of anilines is 1. The van der Waals surface area contributed by atoms with E-state index in [1.54, 1.807) is 30.0 Å². The second-order valence-electron chi connectivity index (χ2n) is 9.16. The van der Waals surface area contributed by atoms with Crippen molar-refractivity contribution in [2.45, 2.75) is 25.9 Å². The number of halogens is 3. The number of nitrogens with one attached hydrogen (secondary N) is 1. The highest BCUT2D eigenvalue weighted by molar-refractivity contribution is 5.84. The van der Waals surface area contributed by atoms with Crippen LogP contribution < -0.4 is 10.2 Å². The highest BCUT2D eigenvalue weighted by atomic mass is 19.4. The molecule has 1 atom stereocenters. The Labute approximate surface area is 196 Å². The fraction of sp³-hybridized carbons (Fsp3) is 0.565. The number of amides is 3. The van der Waals surface area contributed by atoms with Gasteiger partial charge in [-0.25, -0.2) is 0 Å². The maximum absolute atomic E-state index is 13.5. The molecule has 0 saturated carbocycles. The smallest absolute Gasteiger partial charge is 0.370 e. The SMILES string of the molecule is CC(=O)NCC(=O)N1CCC2(CC1)CN(c1ccc(C#N)c(C(F)(F)F)c1)CC2C(=O)N(C)C. The number of rotatable bonds is 4. The number of likely N-dealkylation sites (tertiary alicyclic amines) is 1. The molecule has 1 aromatic rings. The predicted octanol–water partition coefficient (Wildman–Crippen LogP) is 1.85. The van der Waals surface area contributed by atoms with E-state index in [1.807, 2.05) is 0 Å². The van der Waals surface area contributed by atoms with Crippen LogP contribution in [0.5, 0.6) is 0 Å². The Bertz CT molecular complexity index is 1010. The van der Waals surface area contributed by atoms with E-state index in [4.69, 9.17) is 5.26 Å². The molecule has 2 fully saturated rings. The van der Waals surface area contributed by atoms with Gasteiger partial charge in [-0.05, 0) is 31.0 Å². The lowest BCUT2D eigenvalue weighted by Gasteiger charge is -2.42. The predicted molar refractivity (Wildman–Crippen MR) is 117 cm³/mol. The van der Waals surface area contributed by atoms with E-state index in [0.29, 0.717) is 38.2 Å². The maximum atomic E-state index is 13.5. The van der Waals surface area contributed by atoms with Gasteiger partial charge in [0.1, 0.15) is 0 Å². The molecular weight excluding hydrogens is 451 g/mol. The first-order valence-corrected chi connectivity index (χ1v) is 11.0. The second kappa shape index (κ2) is 9.52. The molecule has 184 valence electrons. The van der Waals surface area contributed by atoms with E-state index < -0.39 is 28.6 Å². The molecule has 1 aromatic carbocycles. The first kappa shape index (κ1) is 25.3. The second-order valence-corrected chi connectivity index (χ2v) is 9.16. The van der Waals surface area contributed by atoms with Crippen LogP contribution >= 0.6 is 0 Å². The Morgan fingerprint density at radius 2 is 1.88 bits per heavy atom. The van der Waals surface area contributed by atoms with Crippen molar-refractivity contribution in [3.05, 3.63) is 29.3 Å².